The normalized spacial score (nSPS) is 16.6. The largest absolute Gasteiger partial charge is 0.478 e. The molecule has 3 rings (SSSR count). The first-order valence-electron chi connectivity index (χ1n) is 8.60. The van der Waals surface area contributed by atoms with Crippen LogP contribution in [0.1, 0.15) is 34.0 Å². The van der Waals surface area contributed by atoms with Gasteiger partial charge < -0.3 is 19.3 Å². The average molecular weight is 371 g/mol. The second-order valence-corrected chi connectivity index (χ2v) is 6.68. The number of likely N-dealkylation sites (tertiary alicyclic amines) is 1. The molecule has 1 fully saturated rings. The number of carbonyl (C=O) groups excluding carboxylic acids is 2. The zero-order chi connectivity index (χ0) is 19.6. The van der Waals surface area contributed by atoms with Crippen molar-refractivity contribution in [3.8, 4) is 0 Å². The van der Waals surface area contributed by atoms with Crippen molar-refractivity contribution < 1.29 is 23.9 Å². The number of pyridine rings is 1. The first kappa shape index (κ1) is 18.6. The Morgan fingerprint density at radius 3 is 2.81 bits per heavy atom. The summed E-state index contributed by atoms with van der Waals surface area (Å²) in [5.74, 6) is -1.04. The molecule has 1 saturated heterocycles. The predicted molar refractivity (Wildman–Crippen MR) is 94.6 cm³/mol. The first-order valence-corrected chi connectivity index (χ1v) is 8.60. The van der Waals surface area contributed by atoms with Gasteiger partial charge in [-0.3, -0.25) is 14.6 Å². The molecule has 1 atom stereocenters. The number of hydrogen-bond acceptors (Lipinski definition) is 5. The molecule has 1 N–H and O–H groups in total. The number of aromatic nitrogens is 1. The lowest BCUT2D eigenvalue weighted by molar-refractivity contribution is -0.135. The van der Waals surface area contributed by atoms with Crippen LogP contribution in [0.5, 0.6) is 0 Å². The smallest absolute Gasteiger partial charge is 0.339 e. The van der Waals surface area contributed by atoms with Crippen molar-refractivity contribution in [2.75, 3.05) is 13.6 Å². The lowest BCUT2D eigenvalue weighted by Gasteiger charge is -2.20. The van der Waals surface area contributed by atoms with E-state index in [9.17, 15) is 14.4 Å². The SMILES string of the molecule is Cc1oc(CN(C)C(=O)[C@@H]2CC(=O)N(Cc3ccccn3)C2)cc1C(=O)O. The fourth-order valence-electron chi connectivity index (χ4n) is 3.23. The molecule has 8 nitrogen and oxygen atoms in total. The van der Waals surface area contributed by atoms with E-state index in [1.165, 1.54) is 11.0 Å². The Labute approximate surface area is 156 Å². The molecule has 2 amide bonds. The number of nitrogens with zero attached hydrogens (tertiary/aromatic N) is 3. The van der Waals surface area contributed by atoms with E-state index < -0.39 is 11.9 Å². The van der Waals surface area contributed by atoms with E-state index in [2.05, 4.69) is 4.98 Å². The topological polar surface area (TPSA) is 104 Å². The van der Waals surface area contributed by atoms with Crippen LogP contribution in [0.25, 0.3) is 0 Å². The molecule has 1 aliphatic heterocycles. The van der Waals surface area contributed by atoms with Gasteiger partial charge >= 0.3 is 5.97 Å². The molecular weight excluding hydrogens is 350 g/mol. The molecule has 3 heterocycles. The van der Waals surface area contributed by atoms with E-state index >= 15 is 0 Å². The second-order valence-electron chi connectivity index (χ2n) is 6.68. The van der Waals surface area contributed by atoms with Gasteiger partial charge in [-0.15, -0.1) is 0 Å². The summed E-state index contributed by atoms with van der Waals surface area (Å²) in [5, 5.41) is 9.09. The molecule has 0 aromatic carbocycles. The quantitative estimate of drug-likeness (QED) is 0.829. The molecule has 2 aromatic heterocycles. The van der Waals surface area contributed by atoms with E-state index in [1.54, 1.807) is 25.1 Å². The average Bonchev–Trinajstić information content (AvgIpc) is 3.18. The summed E-state index contributed by atoms with van der Waals surface area (Å²) in [7, 11) is 1.62. The molecule has 0 unspecified atom stereocenters. The molecule has 27 heavy (non-hydrogen) atoms. The summed E-state index contributed by atoms with van der Waals surface area (Å²) >= 11 is 0. The van der Waals surface area contributed by atoms with Crippen LogP contribution in [0.15, 0.2) is 34.9 Å². The Morgan fingerprint density at radius 2 is 2.19 bits per heavy atom. The maximum Gasteiger partial charge on any atom is 0.339 e. The van der Waals surface area contributed by atoms with Gasteiger partial charge in [0.1, 0.15) is 17.1 Å². The van der Waals surface area contributed by atoms with Crippen LogP contribution in [-0.4, -0.2) is 51.3 Å². The summed E-state index contributed by atoms with van der Waals surface area (Å²) in [5.41, 5.74) is 0.864. The molecule has 0 bridgehead atoms. The zero-order valence-electron chi connectivity index (χ0n) is 15.2. The van der Waals surface area contributed by atoms with Crippen molar-refractivity contribution in [2.45, 2.75) is 26.4 Å². The van der Waals surface area contributed by atoms with E-state index in [0.29, 0.717) is 24.6 Å². The second kappa shape index (κ2) is 7.61. The Morgan fingerprint density at radius 1 is 1.41 bits per heavy atom. The third kappa shape index (κ3) is 4.16. The fraction of sp³-hybridized carbons (Fsp3) is 0.368. The molecular formula is C19H21N3O5. The van der Waals surface area contributed by atoms with E-state index in [4.69, 9.17) is 9.52 Å². The number of furan rings is 1. The highest BCUT2D eigenvalue weighted by molar-refractivity contribution is 5.90. The minimum absolute atomic E-state index is 0.0746. The van der Waals surface area contributed by atoms with Crippen molar-refractivity contribution >= 4 is 17.8 Å². The van der Waals surface area contributed by atoms with Gasteiger partial charge in [0.05, 0.1) is 24.7 Å². The van der Waals surface area contributed by atoms with Crippen molar-refractivity contribution in [1.82, 2.24) is 14.8 Å². The molecule has 0 aliphatic carbocycles. The van der Waals surface area contributed by atoms with Crippen LogP contribution in [0, 0.1) is 12.8 Å². The van der Waals surface area contributed by atoms with Crippen LogP contribution in [0.2, 0.25) is 0 Å². The summed E-state index contributed by atoms with van der Waals surface area (Å²) in [6.45, 7) is 2.44. The van der Waals surface area contributed by atoms with Gasteiger partial charge in [-0.2, -0.15) is 0 Å². The lowest BCUT2D eigenvalue weighted by Crippen LogP contribution is -2.34. The third-order valence-corrected chi connectivity index (χ3v) is 4.61. The standard InChI is InChI=1S/C19H21N3O5/c1-12-16(19(25)26)8-15(27-12)11-21(2)18(24)13-7-17(23)22(9-13)10-14-5-3-4-6-20-14/h3-6,8,13H,7,9-11H2,1-2H3,(H,25,26)/t13-/m1/s1. The Kier molecular flexibility index (Phi) is 5.25. The highest BCUT2D eigenvalue weighted by Gasteiger charge is 2.36. The fourth-order valence-corrected chi connectivity index (χ4v) is 3.23. The first-order chi connectivity index (χ1) is 12.8. The Hall–Kier alpha value is -3.16. The van der Waals surface area contributed by atoms with E-state index in [-0.39, 0.29) is 30.3 Å². The van der Waals surface area contributed by atoms with Crippen molar-refractivity contribution in [2.24, 2.45) is 5.92 Å². The summed E-state index contributed by atoms with van der Waals surface area (Å²) < 4.78 is 5.42. The van der Waals surface area contributed by atoms with Gasteiger partial charge in [0.25, 0.3) is 0 Å². The molecule has 0 saturated carbocycles. The zero-order valence-corrected chi connectivity index (χ0v) is 15.2. The van der Waals surface area contributed by atoms with Crippen LogP contribution < -0.4 is 0 Å². The van der Waals surface area contributed by atoms with Gasteiger partial charge in [-0.25, -0.2) is 4.79 Å². The van der Waals surface area contributed by atoms with Crippen LogP contribution in [-0.2, 0) is 22.7 Å². The summed E-state index contributed by atoms with van der Waals surface area (Å²) in [6.07, 6.45) is 1.83. The molecule has 0 radical (unpaired) electrons. The number of carboxylic acid groups (broad SMARTS) is 1. The Balaban J connectivity index is 1.61. The number of hydrogen-bond donors (Lipinski definition) is 1. The van der Waals surface area contributed by atoms with Gasteiger partial charge in [0, 0.05) is 26.2 Å². The Bertz CT molecular complexity index is 861. The number of rotatable bonds is 6. The minimum Gasteiger partial charge on any atom is -0.478 e. The number of carbonyl (C=O) groups is 3. The molecule has 0 spiro atoms. The number of carboxylic acids is 1. The summed E-state index contributed by atoms with van der Waals surface area (Å²) in [6, 6.07) is 6.93. The molecule has 8 heteroatoms. The van der Waals surface area contributed by atoms with E-state index in [1.807, 2.05) is 18.2 Å². The van der Waals surface area contributed by atoms with Gasteiger partial charge in [-0.1, -0.05) is 6.07 Å². The number of amides is 2. The van der Waals surface area contributed by atoms with Gasteiger partial charge in [-0.05, 0) is 25.1 Å². The third-order valence-electron chi connectivity index (χ3n) is 4.61. The van der Waals surface area contributed by atoms with Crippen LogP contribution >= 0.6 is 0 Å². The number of aromatic carboxylic acids is 1. The molecule has 142 valence electrons. The van der Waals surface area contributed by atoms with Crippen molar-refractivity contribution in [3.63, 3.8) is 0 Å². The summed E-state index contributed by atoms with van der Waals surface area (Å²) in [4.78, 5) is 43.3. The van der Waals surface area contributed by atoms with Gasteiger partial charge in [0.2, 0.25) is 11.8 Å². The molecule has 1 aliphatic rings. The van der Waals surface area contributed by atoms with Crippen molar-refractivity contribution in [1.29, 1.82) is 0 Å². The van der Waals surface area contributed by atoms with Crippen LogP contribution in [0.3, 0.4) is 0 Å². The van der Waals surface area contributed by atoms with Gasteiger partial charge in [0.15, 0.2) is 0 Å². The predicted octanol–water partition coefficient (Wildman–Crippen LogP) is 1.69. The van der Waals surface area contributed by atoms with Crippen LogP contribution in [0.4, 0.5) is 0 Å². The maximum absolute atomic E-state index is 12.7. The van der Waals surface area contributed by atoms with Crippen molar-refractivity contribution in [3.05, 3.63) is 53.2 Å². The minimum atomic E-state index is -1.07. The number of aryl methyl sites for hydroxylation is 1. The lowest BCUT2D eigenvalue weighted by atomic mass is 10.1. The highest BCUT2D eigenvalue weighted by atomic mass is 16.4. The maximum atomic E-state index is 12.7. The monoisotopic (exact) mass is 371 g/mol. The van der Waals surface area contributed by atoms with E-state index in [0.717, 1.165) is 5.69 Å². The molecule has 2 aromatic rings. The highest BCUT2D eigenvalue weighted by Crippen LogP contribution is 2.23.